The third-order valence-corrected chi connectivity index (χ3v) is 7.93. The Morgan fingerprint density at radius 1 is 0.737 bits per heavy atom. The first kappa shape index (κ1) is 31.8. The van der Waals surface area contributed by atoms with Gasteiger partial charge in [0.1, 0.15) is 5.03 Å². The van der Waals surface area contributed by atoms with Crippen molar-refractivity contribution in [1.82, 2.24) is 29.9 Å². The zero-order valence-electron chi connectivity index (χ0n) is 21.2. The molecule has 1 saturated heterocycles. The maximum absolute atomic E-state index is 12.6. The quantitative estimate of drug-likeness (QED) is 0.175. The molecule has 13 nitrogen and oxygen atoms in total. The van der Waals surface area contributed by atoms with Crippen LogP contribution in [0.1, 0.15) is 0 Å². The van der Waals surface area contributed by atoms with Gasteiger partial charge in [0.05, 0.1) is 26.2 Å². The number of aliphatic carboxylic acids is 3. The van der Waals surface area contributed by atoms with Crippen LogP contribution in [-0.4, -0.2) is 155 Å². The zero-order valence-corrected chi connectivity index (χ0v) is 22.9. The Balaban J connectivity index is 1.94. The Bertz CT molecular complexity index is 866. The van der Waals surface area contributed by atoms with Crippen molar-refractivity contribution in [2.24, 2.45) is 0 Å². The number of nitrogens with one attached hydrogen (secondary N) is 1. The van der Waals surface area contributed by atoms with Gasteiger partial charge in [0.2, 0.25) is 5.91 Å². The monoisotopic (exact) mass is 572 g/mol. The Morgan fingerprint density at radius 2 is 1.18 bits per heavy atom. The summed E-state index contributed by atoms with van der Waals surface area (Å²) < 4.78 is 0. The molecule has 0 spiro atoms. The molecule has 38 heavy (non-hydrogen) atoms. The van der Waals surface area contributed by atoms with Gasteiger partial charge in [-0.2, -0.15) is 0 Å². The van der Waals surface area contributed by atoms with Crippen LogP contribution < -0.4 is 5.32 Å². The SMILES string of the molecule is O=C(O)CN1CCN(CC(=O)O)CCN(CC(=O)NCCSSc2ccccn2)CCN(CC(=O)O)CC1. The van der Waals surface area contributed by atoms with Crippen LogP contribution in [-0.2, 0) is 19.2 Å². The van der Waals surface area contributed by atoms with Gasteiger partial charge in [0.25, 0.3) is 0 Å². The average Bonchev–Trinajstić information content (AvgIpc) is 2.85. The highest BCUT2D eigenvalue weighted by molar-refractivity contribution is 8.76. The Labute approximate surface area is 229 Å². The maximum atomic E-state index is 12.6. The van der Waals surface area contributed by atoms with Crippen LogP contribution in [0.2, 0.25) is 0 Å². The molecule has 2 rings (SSSR count). The summed E-state index contributed by atoms with van der Waals surface area (Å²) in [4.78, 5) is 57.9. The number of carbonyl (C=O) groups is 4. The molecule has 0 atom stereocenters. The van der Waals surface area contributed by atoms with Crippen molar-refractivity contribution < 1.29 is 34.5 Å². The van der Waals surface area contributed by atoms with Crippen LogP contribution in [0.25, 0.3) is 0 Å². The van der Waals surface area contributed by atoms with Gasteiger partial charge in [0.15, 0.2) is 0 Å². The summed E-state index contributed by atoms with van der Waals surface area (Å²) >= 11 is 0. The van der Waals surface area contributed by atoms with Crippen molar-refractivity contribution in [3.05, 3.63) is 24.4 Å². The second-order valence-electron chi connectivity index (χ2n) is 8.71. The molecule has 1 amide bonds. The van der Waals surface area contributed by atoms with Gasteiger partial charge in [-0.15, -0.1) is 0 Å². The van der Waals surface area contributed by atoms with Crippen molar-refractivity contribution in [2.45, 2.75) is 5.03 Å². The second-order valence-corrected chi connectivity index (χ2v) is 11.1. The molecule has 1 fully saturated rings. The summed E-state index contributed by atoms with van der Waals surface area (Å²) in [5.74, 6) is -2.45. The molecular weight excluding hydrogens is 536 g/mol. The van der Waals surface area contributed by atoms with Crippen molar-refractivity contribution >= 4 is 45.4 Å². The first-order valence-corrected chi connectivity index (χ1v) is 14.5. The first-order valence-electron chi connectivity index (χ1n) is 12.2. The summed E-state index contributed by atoms with van der Waals surface area (Å²) in [6, 6.07) is 5.68. The molecule has 4 N–H and O–H groups in total. The van der Waals surface area contributed by atoms with Gasteiger partial charge in [0, 0.05) is 70.9 Å². The van der Waals surface area contributed by atoms with Crippen LogP contribution in [0.15, 0.2) is 29.4 Å². The molecular formula is C23H36N6O7S2. The number of aromatic nitrogens is 1. The molecule has 0 unspecified atom stereocenters. The van der Waals surface area contributed by atoms with E-state index in [1.165, 1.54) is 10.8 Å². The zero-order chi connectivity index (χ0) is 27.8. The molecule has 0 bridgehead atoms. The second kappa shape index (κ2) is 18.0. The highest BCUT2D eigenvalue weighted by atomic mass is 33.1. The van der Waals surface area contributed by atoms with E-state index in [1.807, 2.05) is 23.1 Å². The van der Waals surface area contributed by atoms with Crippen molar-refractivity contribution in [3.8, 4) is 0 Å². The molecule has 15 heteroatoms. The molecule has 0 aromatic carbocycles. The Morgan fingerprint density at radius 3 is 1.58 bits per heavy atom. The number of carbonyl (C=O) groups excluding carboxylic acids is 1. The fourth-order valence-corrected chi connectivity index (χ4v) is 5.56. The standard InChI is InChI=1S/C23H36N6O7S2/c30-19(24-5-14-37-38-20-3-1-2-4-25-20)15-26-6-8-27(16-21(31)32)10-12-29(18-23(35)36)13-11-28(9-7-26)17-22(33)34/h1-4H,5-18H2,(H,24,30)(H,31,32)(H,33,34)(H,35,36). The first-order chi connectivity index (χ1) is 18.2. The van der Waals surface area contributed by atoms with E-state index >= 15 is 0 Å². The number of amides is 1. The van der Waals surface area contributed by atoms with E-state index in [1.54, 1.807) is 31.7 Å². The minimum atomic E-state index is -1.00. The summed E-state index contributed by atoms with van der Waals surface area (Å²) in [5.41, 5.74) is 0. The molecule has 1 aromatic heterocycles. The van der Waals surface area contributed by atoms with E-state index in [4.69, 9.17) is 0 Å². The molecule has 0 aliphatic carbocycles. The highest BCUT2D eigenvalue weighted by Crippen LogP contribution is 2.28. The fraction of sp³-hybridized carbons (Fsp3) is 0.609. The number of pyridine rings is 1. The van der Waals surface area contributed by atoms with Crippen molar-refractivity contribution in [1.29, 1.82) is 0 Å². The predicted molar refractivity (Wildman–Crippen MR) is 144 cm³/mol. The van der Waals surface area contributed by atoms with Gasteiger partial charge in [-0.1, -0.05) is 16.9 Å². The van der Waals surface area contributed by atoms with E-state index in [0.29, 0.717) is 64.7 Å². The maximum Gasteiger partial charge on any atom is 0.317 e. The lowest BCUT2D eigenvalue weighted by Gasteiger charge is -2.32. The van der Waals surface area contributed by atoms with E-state index in [-0.39, 0.29) is 32.1 Å². The third kappa shape index (κ3) is 14.5. The average molecular weight is 573 g/mol. The lowest BCUT2D eigenvalue weighted by Crippen LogP contribution is -2.49. The number of carboxylic acids is 3. The number of rotatable bonds is 13. The third-order valence-electron chi connectivity index (χ3n) is 5.66. The molecule has 1 aromatic rings. The van der Waals surface area contributed by atoms with Crippen LogP contribution in [0.3, 0.4) is 0 Å². The highest BCUT2D eigenvalue weighted by Gasteiger charge is 2.21. The number of hydrogen-bond donors (Lipinski definition) is 4. The molecule has 212 valence electrons. The summed E-state index contributed by atoms with van der Waals surface area (Å²) in [5, 5.41) is 31.7. The van der Waals surface area contributed by atoms with Crippen LogP contribution in [0, 0.1) is 0 Å². The predicted octanol–water partition coefficient (Wildman–Crippen LogP) is -0.586. The lowest BCUT2D eigenvalue weighted by atomic mass is 10.3. The fourth-order valence-electron chi connectivity index (χ4n) is 3.77. The molecule has 1 aliphatic rings. The van der Waals surface area contributed by atoms with E-state index < -0.39 is 17.9 Å². The molecule has 2 heterocycles. The molecule has 0 saturated carbocycles. The van der Waals surface area contributed by atoms with Crippen molar-refractivity contribution in [3.63, 3.8) is 0 Å². The van der Waals surface area contributed by atoms with Crippen LogP contribution in [0.5, 0.6) is 0 Å². The van der Waals surface area contributed by atoms with Gasteiger partial charge >= 0.3 is 17.9 Å². The molecule has 0 radical (unpaired) electrons. The van der Waals surface area contributed by atoms with Crippen LogP contribution in [0.4, 0.5) is 0 Å². The Kier molecular flexibility index (Phi) is 15.0. The lowest BCUT2D eigenvalue weighted by molar-refractivity contribution is -0.140. The number of hydrogen-bond acceptors (Lipinski definition) is 11. The minimum Gasteiger partial charge on any atom is -0.480 e. The van der Waals surface area contributed by atoms with Gasteiger partial charge in [-0.25, -0.2) is 4.98 Å². The smallest absolute Gasteiger partial charge is 0.317 e. The minimum absolute atomic E-state index is 0.102. The Hall–Kier alpha value is -2.43. The van der Waals surface area contributed by atoms with Gasteiger partial charge in [-0.05, 0) is 22.9 Å². The number of carboxylic acid groups (broad SMARTS) is 3. The van der Waals surface area contributed by atoms with E-state index in [9.17, 15) is 34.5 Å². The molecule has 1 aliphatic heterocycles. The normalized spacial score (nSPS) is 17.3. The summed E-state index contributed by atoms with van der Waals surface area (Å²) in [7, 11) is 3.12. The van der Waals surface area contributed by atoms with E-state index in [2.05, 4.69) is 10.3 Å². The largest absolute Gasteiger partial charge is 0.480 e. The van der Waals surface area contributed by atoms with E-state index in [0.717, 1.165) is 5.03 Å². The van der Waals surface area contributed by atoms with Crippen LogP contribution >= 0.6 is 21.6 Å². The summed E-state index contributed by atoms with van der Waals surface area (Å²) in [6.45, 7) is 2.86. The number of nitrogens with zero attached hydrogens (tertiary/aromatic N) is 5. The topological polar surface area (TPSA) is 167 Å². The van der Waals surface area contributed by atoms with Crippen molar-refractivity contribution in [2.75, 3.05) is 90.8 Å². The van der Waals surface area contributed by atoms with Gasteiger partial charge in [-0.3, -0.25) is 38.8 Å². The summed E-state index contributed by atoms with van der Waals surface area (Å²) in [6.07, 6.45) is 1.73. The van der Waals surface area contributed by atoms with Gasteiger partial charge < -0.3 is 20.6 Å².